The summed E-state index contributed by atoms with van der Waals surface area (Å²) in [7, 11) is 0. The number of furan rings is 1. The van der Waals surface area contributed by atoms with Gasteiger partial charge in [-0.15, -0.1) is 0 Å². The van der Waals surface area contributed by atoms with Gasteiger partial charge in [0.15, 0.2) is 5.76 Å². The fraction of sp³-hybridized carbons (Fsp3) is 0.0500. The number of hydrogen-bond acceptors (Lipinski definition) is 6. The van der Waals surface area contributed by atoms with E-state index in [1.54, 1.807) is 43.3 Å². The van der Waals surface area contributed by atoms with Gasteiger partial charge in [0.1, 0.15) is 0 Å². The van der Waals surface area contributed by atoms with Gasteiger partial charge >= 0.3 is 0 Å². The Morgan fingerprint density at radius 3 is 2.41 bits per heavy atom. The first-order chi connectivity index (χ1) is 13.9. The summed E-state index contributed by atoms with van der Waals surface area (Å²) < 4.78 is 5.03. The van der Waals surface area contributed by atoms with E-state index in [0.29, 0.717) is 11.4 Å². The topological polar surface area (TPSA) is 127 Å². The summed E-state index contributed by atoms with van der Waals surface area (Å²) in [6.45, 7) is 1.70. The lowest BCUT2D eigenvalue weighted by Gasteiger charge is -2.06. The number of nitrogens with one attached hydrogen (secondary N) is 2. The molecule has 0 aliphatic heterocycles. The number of amides is 2. The third-order valence-electron chi connectivity index (χ3n) is 3.95. The molecule has 146 valence electrons. The first-order valence-corrected chi connectivity index (χ1v) is 8.48. The number of carbonyl (C=O) groups excluding carboxylic acids is 2. The van der Waals surface area contributed by atoms with Gasteiger partial charge in [0, 0.05) is 23.4 Å². The molecule has 9 heteroatoms. The summed E-state index contributed by atoms with van der Waals surface area (Å²) in [4.78, 5) is 34.3. The Hall–Kier alpha value is -4.27. The van der Waals surface area contributed by atoms with Crippen molar-refractivity contribution in [1.82, 2.24) is 5.43 Å². The van der Waals surface area contributed by atoms with Gasteiger partial charge in [0.2, 0.25) is 0 Å². The van der Waals surface area contributed by atoms with Crippen LogP contribution in [0.15, 0.2) is 76.4 Å². The lowest BCUT2D eigenvalue weighted by molar-refractivity contribution is -0.384. The van der Waals surface area contributed by atoms with E-state index in [0.717, 1.165) is 5.56 Å². The van der Waals surface area contributed by atoms with Crippen LogP contribution in [0, 0.1) is 10.1 Å². The van der Waals surface area contributed by atoms with Crippen molar-refractivity contribution in [2.75, 3.05) is 5.32 Å². The maximum Gasteiger partial charge on any atom is 0.291 e. The van der Waals surface area contributed by atoms with Crippen LogP contribution in [-0.2, 0) is 0 Å². The van der Waals surface area contributed by atoms with Crippen molar-refractivity contribution >= 4 is 28.9 Å². The van der Waals surface area contributed by atoms with Crippen LogP contribution in [0.4, 0.5) is 11.4 Å². The fourth-order valence-corrected chi connectivity index (χ4v) is 2.42. The van der Waals surface area contributed by atoms with E-state index in [4.69, 9.17) is 4.42 Å². The van der Waals surface area contributed by atoms with Crippen molar-refractivity contribution in [2.45, 2.75) is 6.92 Å². The molecule has 0 spiro atoms. The van der Waals surface area contributed by atoms with Crippen molar-refractivity contribution < 1.29 is 18.9 Å². The number of nitro benzene ring substituents is 1. The highest BCUT2D eigenvalue weighted by Gasteiger charge is 2.11. The molecule has 0 bridgehead atoms. The quantitative estimate of drug-likeness (QED) is 0.376. The van der Waals surface area contributed by atoms with Crippen LogP contribution < -0.4 is 10.7 Å². The van der Waals surface area contributed by atoms with Crippen molar-refractivity contribution in [3.05, 3.63) is 93.9 Å². The summed E-state index contributed by atoms with van der Waals surface area (Å²) in [5, 5.41) is 17.5. The Morgan fingerprint density at radius 2 is 1.76 bits per heavy atom. The van der Waals surface area contributed by atoms with Gasteiger partial charge in [-0.3, -0.25) is 19.7 Å². The molecular formula is C20H16N4O5. The van der Waals surface area contributed by atoms with Gasteiger partial charge < -0.3 is 9.73 Å². The third kappa shape index (κ3) is 4.92. The summed E-state index contributed by atoms with van der Waals surface area (Å²) in [5.74, 6) is -0.719. The molecule has 0 saturated heterocycles. The Bertz CT molecular complexity index is 1070. The van der Waals surface area contributed by atoms with Crippen LogP contribution in [0.1, 0.15) is 33.4 Å². The van der Waals surface area contributed by atoms with E-state index >= 15 is 0 Å². The molecule has 0 unspecified atom stereocenters. The number of benzene rings is 2. The number of hydrazone groups is 1. The summed E-state index contributed by atoms with van der Waals surface area (Å²) in [6.07, 6.45) is 1.42. The average molecular weight is 392 g/mol. The Labute approximate surface area is 165 Å². The van der Waals surface area contributed by atoms with Crippen LogP contribution in [0.25, 0.3) is 0 Å². The number of hydrogen-bond donors (Lipinski definition) is 2. The molecule has 0 aliphatic carbocycles. The molecule has 0 atom stereocenters. The molecule has 9 nitrogen and oxygen atoms in total. The second kappa shape index (κ2) is 8.61. The lowest BCUT2D eigenvalue weighted by Crippen LogP contribution is -2.19. The largest absolute Gasteiger partial charge is 0.459 e. The van der Waals surface area contributed by atoms with Crippen LogP contribution >= 0.6 is 0 Å². The van der Waals surface area contributed by atoms with E-state index in [2.05, 4.69) is 15.8 Å². The van der Waals surface area contributed by atoms with Crippen LogP contribution in [-0.4, -0.2) is 22.4 Å². The first-order valence-electron chi connectivity index (χ1n) is 8.48. The second-order valence-corrected chi connectivity index (χ2v) is 5.95. The van der Waals surface area contributed by atoms with Gasteiger partial charge in [-0.25, -0.2) is 5.43 Å². The van der Waals surface area contributed by atoms with Gasteiger partial charge in [0.25, 0.3) is 17.5 Å². The molecule has 1 heterocycles. The van der Waals surface area contributed by atoms with E-state index in [9.17, 15) is 19.7 Å². The SMILES string of the molecule is CC(=NNC(=O)c1cccc([N+](=O)[O-])c1)c1ccc(NC(=O)c2ccco2)cc1. The molecular weight excluding hydrogens is 376 g/mol. The minimum absolute atomic E-state index is 0.131. The van der Waals surface area contributed by atoms with Gasteiger partial charge in [-0.1, -0.05) is 18.2 Å². The molecule has 0 aliphatic rings. The minimum Gasteiger partial charge on any atom is -0.459 e. The molecule has 0 radical (unpaired) electrons. The van der Waals surface area contributed by atoms with Gasteiger partial charge in [0.05, 0.1) is 16.9 Å². The predicted octanol–water partition coefficient (Wildman–Crippen LogP) is 3.59. The summed E-state index contributed by atoms with van der Waals surface area (Å²) >= 11 is 0. The van der Waals surface area contributed by atoms with E-state index in [1.165, 1.54) is 30.5 Å². The summed E-state index contributed by atoms with van der Waals surface area (Å²) in [6, 6.07) is 15.4. The standard InChI is InChI=1S/C20H16N4O5/c1-13(22-23-19(25)15-4-2-5-17(12-15)24(27)28)14-7-9-16(10-8-14)21-20(26)18-6-3-11-29-18/h2-12H,1H3,(H,21,26)(H,23,25). The molecule has 2 aromatic carbocycles. The highest BCUT2D eigenvalue weighted by molar-refractivity contribution is 6.03. The second-order valence-electron chi connectivity index (χ2n) is 5.95. The van der Waals surface area contributed by atoms with Crippen LogP contribution in [0.5, 0.6) is 0 Å². The maximum atomic E-state index is 12.1. The van der Waals surface area contributed by atoms with Crippen LogP contribution in [0.3, 0.4) is 0 Å². The maximum absolute atomic E-state index is 12.1. The van der Waals surface area contributed by atoms with Crippen molar-refractivity contribution in [3.63, 3.8) is 0 Å². The lowest BCUT2D eigenvalue weighted by atomic mass is 10.1. The van der Waals surface area contributed by atoms with Crippen molar-refractivity contribution in [2.24, 2.45) is 5.10 Å². The number of non-ortho nitro benzene ring substituents is 1. The first kappa shape index (κ1) is 19.5. The fourth-order valence-electron chi connectivity index (χ4n) is 2.42. The summed E-state index contributed by atoms with van der Waals surface area (Å²) in [5.41, 5.74) is 4.15. The van der Waals surface area contributed by atoms with Crippen LogP contribution in [0.2, 0.25) is 0 Å². The highest BCUT2D eigenvalue weighted by Crippen LogP contribution is 2.14. The number of rotatable bonds is 6. The van der Waals surface area contributed by atoms with E-state index in [1.807, 2.05) is 0 Å². The highest BCUT2D eigenvalue weighted by atomic mass is 16.6. The average Bonchev–Trinajstić information content (AvgIpc) is 3.27. The molecule has 3 aromatic rings. The van der Waals surface area contributed by atoms with Gasteiger partial charge in [-0.2, -0.15) is 5.10 Å². The Morgan fingerprint density at radius 1 is 1.00 bits per heavy atom. The zero-order chi connectivity index (χ0) is 20.8. The molecule has 29 heavy (non-hydrogen) atoms. The Kier molecular flexibility index (Phi) is 5.79. The molecule has 1 aromatic heterocycles. The number of nitrogens with zero attached hydrogens (tertiary/aromatic N) is 2. The minimum atomic E-state index is -0.572. The number of nitro groups is 1. The predicted molar refractivity (Wildman–Crippen MR) is 106 cm³/mol. The molecule has 3 rings (SSSR count). The van der Waals surface area contributed by atoms with Gasteiger partial charge in [-0.05, 0) is 42.8 Å². The number of carbonyl (C=O) groups is 2. The smallest absolute Gasteiger partial charge is 0.291 e. The zero-order valence-electron chi connectivity index (χ0n) is 15.3. The molecule has 0 fully saturated rings. The normalized spacial score (nSPS) is 11.0. The zero-order valence-corrected chi connectivity index (χ0v) is 15.3. The van der Waals surface area contributed by atoms with Crippen molar-refractivity contribution in [1.29, 1.82) is 0 Å². The Balaban J connectivity index is 1.63. The molecule has 0 saturated carbocycles. The van der Waals surface area contributed by atoms with E-state index < -0.39 is 10.8 Å². The molecule has 2 N–H and O–H groups in total. The van der Waals surface area contributed by atoms with E-state index in [-0.39, 0.29) is 22.9 Å². The third-order valence-corrected chi connectivity index (χ3v) is 3.95. The number of anilines is 1. The van der Waals surface area contributed by atoms with Crippen molar-refractivity contribution in [3.8, 4) is 0 Å². The monoisotopic (exact) mass is 392 g/mol. The molecule has 2 amide bonds.